The number of nitrogens with one attached hydrogen (secondary N) is 1. The third-order valence-corrected chi connectivity index (χ3v) is 6.36. The molecule has 30 heavy (non-hydrogen) atoms. The van der Waals surface area contributed by atoms with Crippen LogP contribution in [0.5, 0.6) is 0 Å². The largest absolute Gasteiger partial charge is 0.459 e. The molecule has 2 aliphatic carbocycles. The van der Waals surface area contributed by atoms with Gasteiger partial charge in [-0.2, -0.15) is 0 Å². The van der Waals surface area contributed by atoms with Crippen molar-refractivity contribution < 1.29 is 18.4 Å². The van der Waals surface area contributed by atoms with E-state index in [9.17, 15) is 14.0 Å². The van der Waals surface area contributed by atoms with E-state index in [2.05, 4.69) is 5.32 Å². The maximum absolute atomic E-state index is 14.9. The Balaban J connectivity index is 1.74. The molecule has 0 saturated heterocycles. The van der Waals surface area contributed by atoms with Gasteiger partial charge in [-0.1, -0.05) is 50.3 Å². The predicted molar refractivity (Wildman–Crippen MR) is 111 cm³/mol. The van der Waals surface area contributed by atoms with Crippen molar-refractivity contribution in [1.29, 1.82) is 0 Å². The molecule has 2 amide bonds. The van der Waals surface area contributed by atoms with E-state index >= 15 is 0 Å². The number of nitrogens with zero attached hydrogens (tertiary/aromatic N) is 1. The van der Waals surface area contributed by atoms with Crippen LogP contribution < -0.4 is 5.32 Å². The second-order valence-corrected chi connectivity index (χ2v) is 8.40. The van der Waals surface area contributed by atoms with Crippen molar-refractivity contribution in [2.24, 2.45) is 0 Å². The summed E-state index contributed by atoms with van der Waals surface area (Å²) in [6.45, 7) is 0. The zero-order chi connectivity index (χ0) is 20.9. The predicted octanol–water partition coefficient (Wildman–Crippen LogP) is 4.99. The molecule has 0 radical (unpaired) electrons. The third kappa shape index (κ3) is 4.42. The average molecular weight is 413 g/mol. The molecule has 1 aromatic heterocycles. The van der Waals surface area contributed by atoms with Crippen molar-refractivity contribution in [1.82, 2.24) is 10.2 Å². The summed E-state index contributed by atoms with van der Waals surface area (Å²) in [7, 11) is 0. The molecule has 2 saturated carbocycles. The van der Waals surface area contributed by atoms with Crippen molar-refractivity contribution in [3.8, 4) is 0 Å². The van der Waals surface area contributed by atoms with Gasteiger partial charge in [-0.15, -0.1) is 0 Å². The van der Waals surface area contributed by atoms with Gasteiger partial charge in [-0.25, -0.2) is 4.39 Å². The van der Waals surface area contributed by atoms with Crippen molar-refractivity contribution in [3.05, 3.63) is 59.8 Å². The van der Waals surface area contributed by atoms with Gasteiger partial charge in [0.1, 0.15) is 11.9 Å². The summed E-state index contributed by atoms with van der Waals surface area (Å²) in [6.07, 6.45) is 10.1. The second kappa shape index (κ2) is 9.45. The van der Waals surface area contributed by atoms with Crippen molar-refractivity contribution in [2.75, 3.05) is 0 Å². The fourth-order valence-corrected chi connectivity index (χ4v) is 4.85. The number of carbonyl (C=O) groups is 2. The quantitative estimate of drug-likeness (QED) is 0.727. The first-order chi connectivity index (χ1) is 14.6. The topological polar surface area (TPSA) is 62.6 Å². The highest BCUT2D eigenvalue weighted by Gasteiger charge is 2.40. The Bertz CT molecular complexity index is 855. The number of carbonyl (C=O) groups excluding carboxylic acids is 2. The molecule has 2 aliphatic rings. The molecule has 4 rings (SSSR count). The molecule has 2 aromatic rings. The summed E-state index contributed by atoms with van der Waals surface area (Å²) >= 11 is 0. The minimum atomic E-state index is -1.02. The maximum atomic E-state index is 14.9. The number of halogens is 1. The zero-order valence-corrected chi connectivity index (χ0v) is 17.2. The number of benzene rings is 1. The van der Waals surface area contributed by atoms with Gasteiger partial charge >= 0.3 is 0 Å². The molecule has 0 unspecified atom stereocenters. The van der Waals surface area contributed by atoms with E-state index < -0.39 is 11.9 Å². The van der Waals surface area contributed by atoms with E-state index in [0.29, 0.717) is 0 Å². The molecular weight excluding hydrogens is 383 g/mol. The van der Waals surface area contributed by atoms with Crippen molar-refractivity contribution in [3.63, 3.8) is 0 Å². The Hall–Kier alpha value is -2.63. The van der Waals surface area contributed by atoms with E-state index in [1.165, 1.54) is 12.3 Å². The molecule has 5 nitrogen and oxygen atoms in total. The molecular formula is C24H29FN2O3. The van der Waals surface area contributed by atoms with Crippen LogP contribution in [-0.2, 0) is 4.79 Å². The van der Waals surface area contributed by atoms with Gasteiger partial charge in [0.05, 0.1) is 6.26 Å². The minimum Gasteiger partial charge on any atom is -0.459 e. The summed E-state index contributed by atoms with van der Waals surface area (Å²) < 4.78 is 20.3. The van der Waals surface area contributed by atoms with Gasteiger partial charge < -0.3 is 14.6 Å². The van der Waals surface area contributed by atoms with Crippen LogP contribution in [0.1, 0.15) is 79.9 Å². The summed E-state index contributed by atoms with van der Waals surface area (Å²) in [6, 6.07) is 8.46. The molecule has 160 valence electrons. The van der Waals surface area contributed by atoms with E-state index in [1.54, 1.807) is 35.2 Å². The molecule has 1 N–H and O–H groups in total. The Morgan fingerprint density at radius 3 is 2.33 bits per heavy atom. The highest BCUT2D eigenvalue weighted by molar-refractivity contribution is 5.96. The molecule has 0 spiro atoms. The van der Waals surface area contributed by atoms with Gasteiger partial charge in [-0.05, 0) is 43.9 Å². The Morgan fingerprint density at radius 2 is 1.67 bits per heavy atom. The highest BCUT2D eigenvalue weighted by Crippen LogP contribution is 2.34. The van der Waals surface area contributed by atoms with Crippen LogP contribution in [0.4, 0.5) is 4.39 Å². The summed E-state index contributed by atoms with van der Waals surface area (Å²) in [5.74, 6) is -0.966. The lowest BCUT2D eigenvalue weighted by Gasteiger charge is -2.39. The fraction of sp³-hybridized carbons (Fsp3) is 0.500. The van der Waals surface area contributed by atoms with Crippen LogP contribution in [-0.4, -0.2) is 28.8 Å². The minimum absolute atomic E-state index is 0.0821. The maximum Gasteiger partial charge on any atom is 0.290 e. The van der Waals surface area contributed by atoms with Crippen molar-refractivity contribution in [2.45, 2.75) is 75.9 Å². The van der Waals surface area contributed by atoms with Crippen LogP contribution in [0, 0.1) is 5.82 Å². The Labute approximate surface area is 176 Å². The average Bonchev–Trinajstić information content (AvgIpc) is 3.47. The molecule has 1 aromatic carbocycles. The Kier molecular flexibility index (Phi) is 6.50. The molecule has 1 atom stereocenters. The summed E-state index contributed by atoms with van der Waals surface area (Å²) in [5, 5.41) is 3.09. The van der Waals surface area contributed by atoms with Crippen molar-refractivity contribution >= 4 is 11.8 Å². The monoisotopic (exact) mass is 412 g/mol. The highest BCUT2D eigenvalue weighted by atomic mass is 19.1. The smallest absolute Gasteiger partial charge is 0.290 e. The van der Waals surface area contributed by atoms with Gasteiger partial charge in [0, 0.05) is 17.6 Å². The molecule has 1 heterocycles. The normalized spacial score (nSPS) is 18.8. The van der Waals surface area contributed by atoms with Crippen LogP contribution in [0.2, 0.25) is 0 Å². The van der Waals surface area contributed by atoms with E-state index in [0.717, 1.165) is 57.8 Å². The fourth-order valence-electron chi connectivity index (χ4n) is 4.85. The first-order valence-electron chi connectivity index (χ1n) is 11.1. The van der Waals surface area contributed by atoms with Crippen LogP contribution in [0.15, 0.2) is 47.1 Å². The van der Waals surface area contributed by atoms with E-state index in [4.69, 9.17) is 4.42 Å². The second-order valence-electron chi connectivity index (χ2n) is 8.40. The van der Waals surface area contributed by atoms with Gasteiger partial charge in [0.2, 0.25) is 5.91 Å². The van der Waals surface area contributed by atoms with Gasteiger partial charge in [0.15, 0.2) is 5.76 Å². The molecule has 2 fully saturated rings. The third-order valence-electron chi connectivity index (χ3n) is 6.36. The lowest BCUT2D eigenvalue weighted by Crippen LogP contribution is -2.51. The number of rotatable bonds is 6. The molecule has 6 heteroatoms. The molecule has 0 bridgehead atoms. The van der Waals surface area contributed by atoms with E-state index in [-0.39, 0.29) is 35.2 Å². The SMILES string of the molecule is O=C(NC1CCCC1)[C@@H](c1ccccc1F)N(C(=O)c1ccco1)C1CCCCC1. The zero-order valence-electron chi connectivity index (χ0n) is 17.2. The van der Waals surface area contributed by atoms with Gasteiger partial charge in [-0.3, -0.25) is 9.59 Å². The lowest BCUT2D eigenvalue weighted by molar-refractivity contribution is -0.127. The van der Waals surface area contributed by atoms with Crippen LogP contribution >= 0.6 is 0 Å². The first kappa shape index (κ1) is 20.6. The Morgan fingerprint density at radius 1 is 0.967 bits per heavy atom. The van der Waals surface area contributed by atoms with Crippen LogP contribution in [0.3, 0.4) is 0 Å². The van der Waals surface area contributed by atoms with Crippen LogP contribution in [0.25, 0.3) is 0 Å². The van der Waals surface area contributed by atoms with E-state index in [1.807, 2.05) is 0 Å². The van der Waals surface area contributed by atoms with Gasteiger partial charge in [0.25, 0.3) is 5.91 Å². The summed E-state index contributed by atoms with van der Waals surface area (Å²) in [5.41, 5.74) is 0.235. The lowest BCUT2D eigenvalue weighted by atomic mass is 9.91. The first-order valence-corrected chi connectivity index (χ1v) is 11.1. The standard InChI is InChI=1S/C24H29FN2O3/c25-20-14-7-6-13-19(20)22(23(28)26-17-9-4-5-10-17)27(18-11-2-1-3-12-18)24(29)21-15-8-16-30-21/h6-8,13-18,22H,1-5,9-12H2,(H,26,28)/t22-/m1/s1. The number of amides is 2. The molecule has 0 aliphatic heterocycles. The number of hydrogen-bond acceptors (Lipinski definition) is 3. The number of hydrogen-bond donors (Lipinski definition) is 1. The number of furan rings is 1. The summed E-state index contributed by atoms with van der Waals surface area (Å²) in [4.78, 5) is 28.6.